The quantitative estimate of drug-likeness (QED) is 0.887. The van der Waals surface area contributed by atoms with Gasteiger partial charge < -0.3 is 10.6 Å². The van der Waals surface area contributed by atoms with Crippen LogP contribution in [0.1, 0.15) is 5.69 Å². The monoisotopic (exact) mass is 238 g/mol. The molecule has 0 radical (unpaired) electrons. The number of halogens is 1. The smallest absolute Gasteiger partial charge is 0.132 e. The number of nitrogen functional groups attached to an aromatic ring is 1. The van der Waals surface area contributed by atoms with E-state index < -0.39 is 0 Å². The van der Waals surface area contributed by atoms with E-state index in [1.165, 1.54) is 12.1 Å². The van der Waals surface area contributed by atoms with Gasteiger partial charge in [-0.15, -0.1) is 5.10 Å². The van der Waals surface area contributed by atoms with Crippen LogP contribution in [0.15, 0.2) is 24.3 Å². The van der Waals surface area contributed by atoms with Gasteiger partial charge >= 0.3 is 0 Å². The number of nitrogens with zero attached hydrogens (tertiary/aromatic N) is 3. The van der Waals surface area contributed by atoms with Crippen molar-refractivity contribution >= 4 is 22.2 Å². The van der Waals surface area contributed by atoms with E-state index in [-0.39, 0.29) is 5.82 Å². The molecule has 2 rings (SSSR count). The molecular weight excluding hydrogens is 227 g/mol. The molecule has 0 atom stereocenters. The normalized spacial score (nSPS) is 10.4. The van der Waals surface area contributed by atoms with Crippen LogP contribution < -0.4 is 10.6 Å². The molecule has 16 heavy (non-hydrogen) atoms. The van der Waals surface area contributed by atoms with Crippen LogP contribution in [0.5, 0.6) is 0 Å². The Hall–Kier alpha value is -1.69. The predicted molar refractivity (Wildman–Crippen MR) is 62.8 cm³/mol. The number of rotatable bonds is 3. The van der Waals surface area contributed by atoms with Crippen LogP contribution in [0.4, 0.5) is 15.1 Å². The first-order chi connectivity index (χ1) is 7.66. The number of hydrogen-bond donors (Lipinski definition) is 1. The number of benzene rings is 1. The minimum absolute atomic E-state index is 0.256. The van der Waals surface area contributed by atoms with Gasteiger partial charge in [-0.25, -0.2) is 4.39 Å². The van der Waals surface area contributed by atoms with Crippen molar-refractivity contribution in [2.45, 2.75) is 6.54 Å². The summed E-state index contributed by atoms with van der Waals surface area (Å²) in [7, 11) is 1.85. The fourth-order valence-electron chi connectivity index (χ4n) is 1.35. The molecule has 1 aromatic carbocycles. The highest BCUT2D eigenvalue weighted by Crippen LogP contribution is 2.19. The molecule has 2 aromatic rings. The molecule has 0 fully saturated rings. The summed E-state index contributed by atoms with van der Waals surface area (Å²) in [5.74, 6) is -0.256. The van der Waals surface area contributed by atoms with E-state index in [0.29, 0.717) is 11.5 Å². The van der Waals surface area contributed by atoms with Crippen LogP contribution in [0.2, 0.25) is 0 Å². The SMILES string of the molecule is CN(Cc1nnsc1N)c1cccc(F)c1. The second-order valence-corrected chi connectivity index (χ2v) is 4.21. The van der Waals surface area contributed by atoms with Gasteiger partial charge in [-0.05, 0) is 18.2 Å². The molecule has 0 amide bonds. The third kappa shape index (κ3) is 2.27. The van der Waals surface area contributed by atoms with Gasteiger partial charge in [0, 0.05) is 24.3 Å². The predicted octanol–water partition coefficient (Wildman–Crippen LogP) is 1.90. The molecule has 1 aromatic heterocycles. The summed E-state index contributed by atoms with van der Waals surface area (Å²) in [4.78, 5) is 1.87. The zero-order valence-electron chi connectivity index (χ0n) is 8.72. The van der Waals surface area contributed by atoms with Gasteiger partial charge in [0.15, 0.2) is 0 Å². The summed E-state index contributed by atoms with van der Waals surface area (Å²) in [6.07, 6.45) is 0. The summed E-state index contributed by atoms with van der Waals surface area (Å²) in [5, 5.41) is 4.51. The molecule has 0 unspecified atom stereocenters. The van der Waals surface area contributed by atoms with Gasteiger partial charge in [-0.1, -0.05) is 10.6 Å². The molecule has 1 heterocycles. The summed E-state index contributed by atoms with van der Waals surface area (Å²) >= 11 is 1.16. The lowest BCUT2D eigenvalue weighted by Crippen LogP contribution is -2.17. The summed E-state index contributed by atoms with van der Waals surface area (Å²) in [6, 6.07) is 6.38. The van der Waals surface area contributed by atoms with Crippen LogP contribution in [-0.4, -0.2) is 16.6 Å². The third-order valence-corrected chi connectivity index (χ3v) is 2.82. The van der Waals surface area contributed by atoms with E-state index in [0.717, 1.165) is 22.9 Å². The molecule has 0 saturated carbocycles. The van der Waals surface area contributed by atoms with Gasteiger partial charge in [0.1, 0.15) is 16.5 Å². The molecule has 0 spiro atoms. The zero-order valence-corrected chi connectivity index (χ0v) is 9.54. The minimum atomic E-state index is -0.256. The molecule has 0 saturated heterocycles. The lowest BCUT2D eigenvalue weighted by atomic mass is 10.3. The molecule has 0 aliphatic heterocycles. The Morgan fingerprint density at radius 3 is 2.94 bits per heavy atom. The molecule has 6 heteroatoms. The second kappa shape index (κ2) is 4.44. The first-order valence-electron chi connectivity index (χ1n) is 4.70. The average molecular weight is 238 g/mol. The topological polar surface area (TPSA) is 55.0 Å². The minimum Gasteiger partial charge on any atom is -0.388 e. The highest BCUT2D eigenvalue weighted by molar-refractivity contribution is 7.09. The maximum atomic E-state index is 13.0. The second-order valence-electron chi connectivity index (χ2n) is 3.42. The van der Waals surface area contributed by atoms with Crippen molar-refractivity contribution in [3.8, 4) is 0 Å². The van der Waals surface area contributed by atoms with Crippen molar-refractivity contribution < 1.29 is 4.39 Å². The summed E-state index contributed by atoms with van der Waals surface area (Å²) in [6.45, 7) is 0.520. The van der Waals surface area contributed by atoms with E-state index in [9.17, 15) is 4.39 Å². The van der Waals surface area contributed by atoms with Gasteiger partial charge in [0.25, 0.3) is 0 Å². The standard InChI is InChI=1S/C10H11FN4S/c1-15(6-9-10(12)16-14-13-9)8-4-2-3-7(11)5-8/h2-5H,6,12H2,1H3. The molecule has 0 bridgehead atoms. The molecule has 0 aliphatic carbocycles. The van der Waals surface area contributed by atoms with E-state index >= 15 is 0 Å². The van der Waals surface area contributed by atoms with Crippen LogP contribution in [0.3, 0.4) is 0 Å². The van der Waals surface area contributed by atoms with Gasteiger partial charge in [-0.3, -0.25) is 0 Å². The lowest BCUT2D eigenvalue weighted by Gasteiger charge is -2.17. The Labute approximate surface area is 96.7 Å². The van der Waals surface area contributed by atoms with Gasteiger partial charge in [0.05, 0.1) is 6.54 Å². The molecule has 0 aliphatic rings. The van der Waals surface area contributed by atoms with Crippen molar-refractivity contribution in [2.24, 2.45) is 0 Å². The first-order valence-corrected chi connectivity index (χ1v) is 5.47. The maximum Gasteiger partial charge on any atom is 0.132 e. The summed E-state index contributed by atoms with van der Waals surface area (Å²) in [5.41, 5.74) is 7.19. The van der Waals surface area contributed by atoms with E-state index in [2.05, 4.69) is 9.59 Å². The van der Waals surface area contributed by atoms with Crippen molar-refractivity contribution in [1.29, 1.82) is 0 Å². The Bertz CT molecular complexity index is 485. The number of nitrogens with two attached hydrogens (primary N) is 1. The molecule has 84 valence electrons. The molecular formula is C10H11FN4S. The average Bonchev–Trinajstić information content (AvgIpc) is 2.64. The van der Waals surface area contributed by atoms with E-state index in [4.69, 9.17) is 5.73 Å². The van der Waals surface area contributed by atoms with Crippen LogP contribution >= 0.6 is 11.5 Å². The Balaban J connectivity index is 2.14. The largest absolute Gasteiger partial charge is 0.388 e. The van der Waals surface area contributed by atoms with Gasteiger partial charge in [0.2, 0.25) is 0 Å². The molecule has 2 N–H and O–H groups in total. The Morgan fingerprint density at radius 1 is 1.50 bits per heavy atom. The zero-order chi connectivity index (χ0) is 11.5. The van der Waals surface area contributed by atoms with Crippen molar-refractivity contribution in [3.05, 3.63) is 35.8 Å². The van der Waals surface area contributed by atoms with Crippen molar-refractivity contribution in [2.75, 3.05) is 17.7 Å². The van der Waals surface area contributed by atoms with E-state index in [1.54, 1.807) is 6.07 Å². The van der Waals surface area contributed by atoms with Crippen molar-refractivity contribution in [3.63, 3.8) is 0 Å². The van der Waals surface area contributed by atoms with Crippen LogP contribution in [0, 0.1) is 5.82 Å². The maximum absolute atomic E-state index is 13.0. The van der Waals surface area contributed by atoms with E-state index in [1.807, 2.05) is 18.0 Å². The number of aromatic nitrogens is 2. The fraction of sp³-hybridized carbons (Fsp3) is 0.200. The van der Waals surface area contributed by atoms with Crippen LogP contribution in [0.25, 0.3) is 0 Å². The first kappa shape index (κ1) is 10.8. The molecule has 4 nitrogen and oxygen atoms in total. The van der Waals surface area contributed by atoms with Crippen LogP contribution in [-0.2, 0) is 6.54 Å². The fourth-order valence-corrected chi connectivity index (χ4v) is 1.79. The number of anilines is 2. The third-order valence-electron chi connectivity index (χ3n) is 2.22. The van der Waals surface area contributed by atoms with Gasteiger partial charge in [-0.2, -0.15) is 0 Å². The lowest BCUT2D eigenvalue weighted by molar-refractivity contribution is 0.627. The summed E-state index contributed by atoms with van der Waals surface area (Å²) < 4.78 is 16.8. The highest BCUT2D eigenvalue weighted by atomic mass is 32.1. The Kier molecular flexibility index (Phi) is 3.00. The Morgan fingerprint density at radius 2 is 2.31 bits per heavy atom. The highest BCUT2D eigenvalue weighted by Gasteiger charge is 2.08. The van der Waals surface area contributed by atoms with Crippen molar-refractivity contribution in [1.82, 2.24) is 9.59 Å². The number of hydrogen-bond acceptors (Lipinski definition) is 5.